The SMILES string of the molecule is CC(=O)[C@H]1CC[C@H]2[C@@H]3CC[C@@H]4C[C@@](O)(C#CCC5=CN=CCN5)CC[C@]4(C)[C@H]3CC[C@]12C. The molecule has 1 aliphatic heterocycles. The van der Waals surface area contributed by atoms with Gasteiger partial charge in [0, 0.05) is 24.0 Å². The van der Waals surface area contributed by atoms with Gasteiger partial charge in [0.05, 0.1) is 13.0 Å². The van der Waals surface area contributed by atoms with Crippen molar-refractivity contribution < 1.29 is 9.90 Å². The Morgan fingerprint density at radius 2 is 1.94 bits per heavy atom. The Kier molecular flexibility index (Phi) is 5.56. The first-order valence-corrected chi connectivity index (χ1v) is 12.9. The number of rotatable bonds is 2. The fourth-order valence-electron chi connectivity index (χ4n) is 8.86. The molecule has 174 valence electrons. The lowest BCUT2D eigenvalue weighted by Crippen LogP contribution is -2.56. The molecule has 5 rings (SSSR count). The molecule has 0 unspecified atom stereocenters. The van der Waals surface area contributed by atoms with Crippen molar-refractivity contribution in [2.75, 3.05) is 6.54 Å². The van der Waals surface area contributed by atoms with E-state index in [-0.39, 0.29) is 11.3 Å². The summed E-state index contributed by atoms with van der Waals surface area (Å²) in [5.74, 6) is 9.99. The summed E-state index contributed by atoms with van der Waals surface area (Å²) in [5.41, 5.74) is 0.735. The molecule has 4 saturated carbocycles. The highest BCUT2D eigenvalue weighted by Gasteiger charge is 2.61. The number of hydrogen-bond acceptors (Lipinski definition) is 4. The Labute approximate surface area is 193 Å². The van der Waals surface area contributed by atoms with Gasteiger partial charge in [-0.25, -0.2) is 0 Å². The molecule has 1 heterocycles. The van der Waals surface area contributed by atoms with Crippen LogP contribution in [0.25, 0.3) is 0 Å². The van der Waals surface area contributed by atoms with E-state index in [0.717, 1.165) is 49.8 Å². The summed E-state index contributed by atoms with van der Waals surface area (Å²) in [6.45, 7) is 7.53. The molecule has 32 heavy (non-hydrogen) atoms. The van der Waals surface area contributed by atoms with E-state index in [4.69, 9.17) is 0 Å². The smallest absolute Gasteiger partial charge is 0.133 e. The quantitative estimate of drug-likeness (QED) is 0.607. The van der Waals surface area contributed by atoms with Crippen LogP contribution in [-0.2, 0) is 4.79 Å². The number of carbonyl (C=O) groups is 1. The second-order valence-corrected chi connectivity index (χ2v) is 12.0. The zero-order chi connectivity index (χ0) is 22.6. The Bertz CT molecular complexity index is 897. The van der Waals surface area contributed by atoms with Gasteiger partial charge in [0.25, 0.3) is 0 Å². The highest BCUT2D eigenvalue weighted by Crippen LogP contribution is 2.68. The lowest BCUT2D eigenvalue weighted by atomic mass is 9.44. The summed E-state index contributed by atoms with van der Waals surface area (Å²) >= 11 is 0. The van der Waals surface area contributed by atoms with Gasteiger partial charge in [0.2, 0.25) is 0 Å². The molecule has 4 fully saturated rings. The number of aliphatic imine (C=N–C) groups is 1. The minimum Gasteiger partial charge on any atom is -0.381 e. The van der Waals surface area contributed by atoms with Gasteiger partial charge in [-0.3, -0.25) is 9.79 Å². The van der Waals surface area contributed by atoms with Crippen LogP contribution in [0.3, 0.4) is 0 Å². The number of nitrogens with one attached hydrogen (secondary N) is 1. The van der Waals surface area contributed by atoms with Gasteiger partial charge in [-0.15, -0.1) is 0 Å². The number of nitrogens with zero attached hydrogens (tertiary/aromatic N) is 1. The van der Waals surface area contributed by atoms with Crippen molar-refractivity contribution in [3.05, 3.63) is 11.9 Å². The van der Waals surface area contributed by atoms with E-state index in [0.29, 0.717) is 29.5 Å². The Balaban J connectivity index is 1.29. The first kappa shape index (κ1) is 22.2. The third-order valence-electron chi connectivity index (χ3n) is 10.6. The van der Waals surface area contributed by atoms with Crippen LogP contribution in [0, 0.1) is 52.3 Å². The van der Waals surface area contributed by atoms with Crippen LogP contribution >= 0.6 is 0 Å². The molecule has 2 N–H and O–H groups in total. The number of ketones is 1. The van der Waals surface area contributed by atoms with Gasteiger partial charge in [-0.2, -0.15) is 0 Å². The molecule has 0 bridgehead atoms. The van der Waals surface area contributed by atoms with E-state index in [1.165, 1.54) is 32.1 Å². The maximum absolute atomic E-state index is 12.4. The van der Waals surface area contributed by atoms with Gasteiger partial charge in [-0.05, 0) is 99.2 Å². The first-order valence-electron chi connectivity index (χ1n) is 12.9. The summed E-state index contributed by atoms with van der Waals surface area (Å²) < 4.78 is 0. The highest BCUT2D eigenvalue weighted by molar-refractivity contribution is 5.79. The molecule has 0 aromatic rings. The normalized spacial score (nSPS) is 47.1. The van der Waals surface area contributed by atoms with Crippen LogP contribution in [-0.4, -0.2) is 29.3 Å². The first-order chi connectivity index (χ1) is 15.3. The van der Waals surface area contributed by atoms with Crippen LogP contribution in [0.2, 0.25) is 0 Å². The lowest BCUT2D eigenvalue weighted by molar-refractivity contribution is -0.144. The van der Waals surface area contributed by atoms with Crippen molar-refractivity contribution in [2.24, 2.45) is 45.4 Å². The molecule has 8 atom stereocenters. The number of allylic oxidation sites excluding steroid dienone is 1. The molecule has 0 aromatic heterocycles. The van der Waals surface area contributed by atoms with E-state index < -0.39 is 5.60 Å². The van der Waals surface area contributed by atoms with Crippen LogP contribution in [0.4, 0.5) is 0 Å². The van der Waals surface area contributed by atoms with Gasteiger partial charge in [-0.1, -0.05) is 25.7 Å². The minimum atomic E-state index is -0.841. The Hall–Kier alpha value is -1.60. The van der Waals surface area contributed by atoms with Crippen molar-refractivity contribution >= 4 is 12.0 Å². The van der Waals surface area contributed by atoms with Crippen LogP contribution < -0.4 is 5.32 Å². The topological polar surface area (TPSA) is 61.7 Å². The number of Topliss-reactive ketones (excluding diaryl/α,β-unsaturated/α-hetero) is 1. The molecule has 0 radical (unpaired) electrons. The third-order valence-corrected chi connectivity index (χ3v) is 10.6. The van der Waals surface area contributed by atoms with E-state index in [1.807, 2.05) is 19.3 Å². The monoisotopic (exact) mass is 436 g/mol. The number of hydrogen-bond donors (Lipinski definition) is 2. The molecule has 0 amide bonds. The van der Waals surface area contributed by atoms with Crippen LogP contribution in [0.15, 0.2) is 16.9 Å². The average molecular weight is 437 g/mol. The molecule has 4 nitrogen and oxygen atoms in total. The second kappa shape index (κ2) is 8.01. The predicted molar refractivity (Wildman–Crippen MR) is 128 cm³/mol. The van der Waals surface area contributed by atoms with Crippen molar-refractivity contribution in [2.45, 2.75) is 90.6 Å². The molecule has 0 aromatic carbocycles. The van der Waals surface area contributed by atoms with Crippen LogP contribution in [0.1, 0.15) is 85.0 Å². The highest BCUT2D eigenvalue weighted by atomic mass is 16.3. The van der Waals surface area contributed by atoms with Crippen molar-refractivity contribution in [1.29, 1.82) is 0 Å². The number of aliphatic hydroxyl groups is 1. The zero-order valence-electron chi connectivity index (χ0n) is 20.1. The number of fused-ring (bicyclic) bond motifs is 5. The molecule has 0 spiro atoms. The van der Waals surface area contributed by atoms with Gasteiger partial charge in [0.15, 0.2) is 0 Å². The van der Waals surface area contributed by atoms with E-state index in [1.54, 1.807) is 0 Å². The summed E-state index contributed by atoms with van der Waals surface area (Å²) in [7, 11) is 0. The maximum atomic E-state index is 12.4. The molecular weight excluding hydrogens is 396 g/mol. The molecular formula is C28H40N2O2. The lowest BCUT2D eigenvalue weighted by Gasteiger charge is -2.61. The maximum Gasteiger partial charge on any atom is 0.133 e. The largest absolute Gasteiger partial charge is 0.381 e. The summed E-state index contributed by atoms with van der Waals surface area (Å²) in [6.07, 6.45) is 14.3. The second-order valence-electron chi connectivity index (χ2n) is 12.0. The fraction of sp³-hybridized carbons (Fsp3) is 0.786. The van der Waals surface area contributed by atoms with Gasteiger partial charge in [0.1, 0.15) is 11.4 Å². The number of carbonyl (C=O) groups excluding carboxylic acids is 1. The Morgan fingerprint density at radius 1 is 1.12 bits per heavy atom. The van der Waals surface area contributed by atoms with Crippen molar-refractivity contribution in [3.63, 3.8) is 0 Å². The molecule has 5 aliphatic rings. The fourth-order valence-corrected chi connectivity index (χ4v) is 8.86. The molecule has 4 aliphatic carbocycles. The van der Waals surface area contributed by atoms with E-state index in [2.05, 4.69) is 36.0 Å². The van der Waals surface area contributed by atoms with Gasteiger partial charge < -0.3 is 10.4 Å². The van der Waals surface area contributed by atoms with Crippen LogP contribution in [0.5, 0.6) is 0 Å². The summed E-state index contributed by atoms with van der Waals surface area (Å²) in [6, 6.07) is 0. The predicted octanol–water partition coefficient (Wildman–Crippen LogP) is 4.87. The molecule has 4 heteroatoms. The van der Waals surface area contributed by atoms with E-state index >= 15 is 0 Å². The Morgan fingerprint density at radius 3 is 2.69 bits per heavy atom. The summed E-state index contributed by atoms with van der Waals surface area (Å²) in [4.78, 5) is 16.5. The van der Waals surface area contributed by atoms with Crippen molar-refractivity contribution in [1.82, 2.24) is 5.32 Å². The average Bonchev–Trinajstić information content (AvgIpc) is 3.13. The third kappa shape index (κ3) is 3.56. The standard InChI is InChI=1S/C28H40N2O2/c1-19(31)23-8-9-24-22-7-6-20-17-28(32,11-4-5-21-18-29-15-16-30-21)14-13-26(20,2)25(22)10-12-27(23,24)3/h15,18,20,22-25,30,32H,5-10,12-14,16-17H2,1-3H3/t20-,22+,23-,24+,25+,26+,27-,28-/m1/s1. The zero-order valence-corrected chi connectivity index (χ0v) is 20.1. The van der Waals surface area contributed by atoms with Gasteiger partial charge >= 0.3 is 0 Å². The van der Waals surface area contributed by atoms with E-state index in [9.17, 15) is 9.90 Å². The van der Waals surface area contributed by atoms with Crippen molar-refractivity contribution in [3.8, 4) is 11.8 Å². The molecule has 0 saturated heterocycles. The summed E-state index contributed by atoms with van der Waals surface area (Å²) in [5, 5.41) is 14.6. The minimum absolute atomic E-state index is 0.225.